The topological polar surface area (TPSA) is 71.3 Å². The number of nitrogens with one attached hydrogen (secondary N) is 1. The second-order valence-corrected chi connectivity index (χ2v) is 6.30. The van der Waals surface area contributed by atoms with Crippen LogP contribution in [0, 0.1) is 0 Å². The van der Waals surface area contributed by atoms with Crippen molar-refractivity contribution in [1.82, 2.24) is 4.90 Å². The van der Waals surface area contributed by atoms with E-state index in [2.05, 4.69) is 0 Å². The number of hydrogen-bond donors (Lipinski definition) is 2. The number of amides is 1. The number of aliphatic hydroxyl groups is 1. The second-order valence-electron chi connectivity index (χ2n) is 6.30. The number of methoxy groups -OCH3 is 1. The number of quaternary nitrogens is 1. The van der Waals surface area contributed by atoms with Gasteiger partial charge in [0.2, 0.25) is 0 Å². The van der Waals surface area contributed by atoms with E-state index in [-0.39, 0.29) is 11.4 Å². The van der Waals surface area contributed by atoms with Gasteiger partial charge in [-0.25, -0.2) is 0 Å². The minimum absolute atomic E-state index is 0.169. The molecule has 1 atom stereocenters. The fourth-order valence-corrected chi connectivity index (χ4v) is 2.98. The summed E-state index contributed by atoms with van der Waals surface area (Å²) in [7, 11) is 5.67. The average molecular weight is 333 g/mol. The lowest BCUT2D eigenvalue weighted by molar-refractivity contribution is -0.858. The Balaban J connectivity index is 2.34. The van der Waals surface area contributed by atoms with Gasteiger partial charge in [0.05, 0.1) is 39.4 Å². The van der Waals surface area contributed by atoms with E-state index < -0.39 is 17.7 Å². The zero-order chi connectivity index (χ0) is 17.9. The van der Waals surface area contributed by atoms with Gasteiger partial charge in [0.15, 0.2) is 11.5 Å². The molecule has 130 valence electrons. The summed E-state index contributed by atoms with van der Waals surface area (Å²) in [5, 5.41) is 10.2. The molecule has 1 amide bonds. The highest BCUT2D eigenvalue weighted by Gasteiger charge is 2.42. The number of carbonyl (C=O) groups excluding carboxylic acids is 2. The first kappa shape index (κ1) is 18.0. The van der Waals surface area contributed by atoms with Crippen molar-refractivity contribution in [3.05, 3.63) is 41.2 Å². The maximum Gasteiger partial charge on any atom is 0.290 e. The zero-order valence-electron chi connectivity index (χ0n) is 14.6. The molecule has 2 N–H and O–H groups in total. The molecule has 24 heavy (non-hydrogen) atoms. The van der Waals surface area contributed by atoms with Gasteiger partial charge in [-0.3, -0.25) is 9.59 Å². The molecular weight excluding hydrogens is 308 g/mol. The van der Waals surface area contributed by atoms with Crippen LogP contribution in [0.15, 0.2) is 35.6 Å². The number of Topliss-reactive ketones (excluding diaryl/α,β-unsaturated/α-hetero) is 1. The van der Waals surface area contributed by atoms with Crippen molar-refractivity contribution < 1.29 is 24.3 Å². The fourth-order valence-electron chi connectivity index (χ4n) is 2.98. The van der Waals surface area contributed by atoms with Crippen molar-refractivity contribution in [2.45, 2.75) is 19.4 Å². The molecule has 1 aliphatic heterocycles. The van der Waals surface area contributed by atoms with Gasteiger partial charge in [0.1, 0.15) is 5.75 Å². The monoisotopic (exact) mass is 333 g/mol. The van der Waals surface area contributed by atoms with Crippen LogP contribution >= 0.6 is 0 Å². The Morgan fingerprint density at radius 3 is 2.42 bits per heavy atom. The van der Waals surface area contributed by atoms with E-state index in [1.807, 2.05) is 26.2 Å². The molecule has 6 nitrogen and oxygen atoms in total. The third-order valence-electron chi connectivity index (χ3n) is 4.19. The second kappa shape index (κ2) is 7.49. The van der Waals surface area contributed by atoms with E-state index in [4.69, 9.17) is 4.74 Å². The number of ether oxygens (including phenoxy) is 1. The van der Waals surface area contributed by atoms with Gasteiger partial charge >= 0.3 is 0 Å². The van der Waals surface area contributed by atoms with Crippen molar-refractivity contribution in [3.8, 4) is 5.75 Å². The Hall–Kier alpha value is -2.34. The number of ketones is 1. The molecule has 0 fully saturated rings. The first-order valence-electron chi connectivity index (χ1n) is 8.04. The highest BCUT2D eigenvalue weighted by molar-refractivity contribution is 6.08. The lowest BCUT2D eigenvalue weighted by Crippen LogP contribution is -3.05. The Morgan fingerprint density at radius 1 is 1.29 bits per heavy atom. The van der Waals surface area contributed by atoms with Crippen LogP contribution in [-0.4, -0.2) is 56.0 Å². The maximum absolute atomic E-state index is 12.4. The van der Waals surface area contributed by atoms with E-state index in [1.165, 1.54) is 11.8 Å². The number of hydrogen-bond acceptors (Lipinski definition) is 4. The summed E-state index contributed by atoms with van der Waals surface area (Å²) >= 11 is 0. The molecule has 1 aliphatic rings. The first-order chi connectivity index (χ1) is 11.4. The lowest BCUT2D eigenvalue weighted by Gasteiger charge is -2.26. The van der Waals surface area contributed by atoms with Gasteiger partial charge in [0.25, 0.3) is 5.91 Å². The molecule has 1 unspecified atom stereocenters. The molecule has 2 rings (SSSR count). The Bertz CT molecular complexity index is 649. The molecule has 1 heterocycles. The number of nitrogens with zero attached hydrogens (tertiary/aromatic N) is 1. The van der Waals surface area contributed by atoms with E-state index in [0.717, 1.165) is 18.5 Å². The molecular formula is C18H25N2O4+. The fraction of sp³-hybridized carbons (Fsp3) is 0.444. The van der Waals surface area contributed by atoms with Gasteiger partial charge in [0, 0.05) is 13.0 Å². The first-order valence-corrected chi connectivity index (χ1v) is 8.04. The molecule has 0 spiro atoms. The summed E-state index contributed by atoms with van der Waals surface area (Å²) in [6.45, 7) is 2.76. The number of rotatable bonds is 7. The summed E-state index contributed by atoms with van der Waals surface area (Å²) in [6, 6.07) is 6.67. The van der Waals surface area contributed by atoms with Crippen molar-refractivity contribution >= 4 is 11.7 Å². The van der Waals surface area contributed by atoms with Crippen LogP contribution in [0.5, 0.6) is 5.75 Å². The molecule has 6 heteroatoms. The Morgan fingerprint density at radius 2 is 1.92 bits per heavy atom. The predicted octanol–water partition coefficient (Wildman–Crippen LogP) is 0.514. The van der Waals surface area contributed by atoms with Crippen LogP contribution in [0.2, 0.25) is 0 Å². The van der Waals surface area contributed by atoms with Crippen LogP contribution in [0.1, 0.15) is 24.9 Å². The van der Waals surface area contributed by atoms with E-state index in [1.54, 1.807) is 24.1 Å². The summed E-state index contributed by atoms with van der Waals surface area (Å²) in [6.07, 6.45) is 0.791. The average Bonchev–Trinajstić information content (AvgIpc) is 2.79. The third-order valence-corrected chi connectivity index (χ3v) is 4.19. The molecule has 0 aliphatic carbocycles. The summed E-state index contributed by atoms with van der Waals surface area (Å²) < 4.78 is 5.15. The van der Waals surface area contributed by atoms with Crippen molar-refractivity contribution in [2.24, 2.45) is 0 Å². The zero-order valence-corrected chi connectivity index (χ0v) is 14.6. The van der Waals surface area contributed by atoms with Crippen LogP contribution in [-0.2, 0) is 9.59 Å². The van der Waals surface area contributed by atoms with Crippen LogP contribution < -0.4 is 9.64 Å². The normalized spacial score (nSPS) is 17.8. The lowest BCUT2D eigenvalue weighted by atomic mass is 9.96. The third kappa shape index (κ3) is 3.59. The molecule has 0 radical (unpaired) electrons. The molecule has 0 bridgehead atoms. The molecule has 0 aromatic heterocycles. The van der Waals surface area contributed by atoms with Gasteiger partial charge < -0.3 is 19.6 Å². The van der Waals surface area contributed by atoms with Gasteiger partial charge in [-0.15, -0.1) is 0 Å². The standard InChI is InChI=1S/C18H24N2O4/c1-12(21)15-16(13-6-8-14(24-4)9-7-13)20(18(23)17(15)22)11-5-10-19(2)3/h6-9,16,22H,5,10-11H2,1-4H3/p+1. The van der Waals surface area contributed by atoms with Gasteiger partial charge in [-0.05, 0) is 24.6 Å². The minimum atomic E-state index is -0.543. The molecule has 1 aromatic carbocycles. The summed E-state index contributed by atoms with van der Waals surface area (Å²) in [5.41, 5.74) is 0.956. The highest BCUT2D eigenvalue weighted by Crippen LogP contribution is 2.38. The largest absolute Gasteiger partial charge is 0.503 e. The predicted molar refractivity (Wildman–Crippen MR) is 90.1 cm³/mol. The molecule has 0 saturated heterocycles. The number of carbonyl (C=O) groups is 2. The van der Waals surface area contributed by atoms with Gasteiger partial charge in [-0.1, -0.05) is 12.1 Å². The minimum Gasteiger partial charge on any atom is -0.503 e. The van der Waals surface area contributed by atoms with Crippen molar-refractivity contribution in [2.75, 3.05) is 34.3 Å². The van der Waals surface area contributed by atoms with Crippen LogP contribution in [0.4, 0.5) is 0 Å². The smallest absolute Gasteiger partial charge is 0.290 e. The Kier molecular flexibility index (Phi) is 5.62. The summed E-state index contributed by atoms with van der Waals surface area (Å²) in [4.78, 5) is 27.3. The SMILES string of the molecule is COc1ccc(C2C(C(C)=O)=C(O)C(=O)N2CCC[NH+](C)C)cc1. The quantitative estimate of drug-likeness (QED) is 0.763. The van der Waals surface area contributed by atoms with Crippen LogP contribution in [0.3, 0.4) is 0 Å². The van der Waals surface area contributed by atoms with Crippen LogP contribution in [0.25, 0.3) is 0 Å². The molecule has 0 saturated carbocycles. The van der Waals surface area contributed by atoms with E-state index >= 15 is 0 Å². The number of benzene rings is 1. The highest BCUT2D eigenvalue weighted by atomic mass is 16.5. The number of aliphatic hydroxyl groups excluding tert-OH is 1. The Labute approximate surface area is 142 Å². The molecule has 1 aromatic rings. The van der Waals surface area contributed by atoms with E-state index in [0.29, 0.717) is 12.3 Å². The van der Waals surface area contributed by atoms with E-state index in [9.17, 15) is 14.7 Å². The summed E-state index contributed by atoms with van der Waals surface area (Å²) in [5.74, 6) is -0.499. The van der Waals surface area contributed by atoms with Crippen molar-refractivity contribution in [3.63, 3.8) is 0 Å². The van der Waals surface area contributed by atoms with Gasteiger partial charge in [-0.2, -0.15) is 0 Å². The van der Waals surface area contributed by atoms with Crippen molar-refractivity contribution in [1.29, 1.82) is 0 Å². The maximum atomic E-state index is 12.4.